The van der Waals surface area contributed by atoms with Crippen molar-refractivity contribution in [1.82, 2.24) is 8.61 Å². The van der Waals surface area contributed by atoms with Crippen LogP contribution >= 0.6 is 0 Å². The molecule has 0 bridgehead atoms. The van der Waals surface area contributed by atoms with Gasteiger partial charge in [0.05, 0.1) is 12.5 Å². The lowest BCUT2D eigenvalue weighted by Gasteiger charge is -2.35. The molecule has 8 heteroatoms. The van der Waals surface area contributed by atoms with E-state index in [4.69, 9.17) is 4.74 Å². The van der Waals surface area contributed by atoms with Crippen molar-refractivity contribution in [2.45, 2.75) is 18.9 Å². The Labute approximate surface area is 135 Å². The lowest BCUT2D eigenvalue weighted by molar-refractivity contribution is -0.139. The van der Waals surface area contributed by atoms with Gasteiger partial charge in [0.15, 0.2) is 0 Å². The van der Waals surface area contributed by atoms with E-state index in [1.54, 1.807) is 24.3 Å². The van der Waals surface area contributed by atoms with Crippen LogP contribution in [0.15, 0.2) is 24.3 Å². The quantitative estimate of drug-likeness (QED) is 0.872. The number of benzene rings is 1. The Kier molecular flexibility index (Phi) is 4.67. The zero-order valence-electron chi connectivity index (χ0n) is 12.7. The lowest BCUT2D eigenvalue weighted by Crippen LogP contribution is -2.48. The summed E-state index contributed by atoms with van der Waals surface area (Å²) in [7, 11) is -3.69. The van der Waals surface area contributed by atoms with Gasteiger partial charge in [-0.25, -0.2) is 0 Å². The molecular formula is C15H20N2O5S. The molecular weight excluding hydrogens is 320 g/mol. The molecule has 1 aromatic rings. The maximum atomic E-state index is 12.9. The largest absolute Gasteiger partial charge is 0.481 e. The molecule has 1 atom stereocenters. The minimum Gasteiger partial charge on any atom is -0.481 e. The summed E-state index contributed by atoms with van der Waals surface area (Å²) in [6.45, 7) is 1.79. The summed E-state index contributed by atoms with van der Waals surface area (Å²) >= 11 is 0. The fourth-order valence-corrected chi connectivity index (χ4v) is 4.71. The second-order valence-corrected chi connectivity index (χ2v) is 7.68. The number of rotatable bonds is 3. The van der Waals surface area contributed by atoms with Crippen LogP contribution in [0.5, 0.6) is 0 Å². The normalized spacial score (nSPS) is 23.9. The summed E-state index contributed by atoms with van der Waals surface area (Å²) in [6, 6.07) is 7.13. The maximum absolute atomic E-state index is 12.9. The van der Waals surface area contributed by atoms with Crippen LogP contribution in [0.1, 0.15) is 23.5 Å². The highest BCUT2D eigenvalue weighted by molar-refractivity contribution is 7.86. The molecule has 0 amide bonds. The Balaban J connectivity index is 1.90. The van der Waals surface area contributed by atoms with Crippen LogP contribution in [-0.4, -0.2) is 61.0 Å². The molecule has 2 aliphatic rings. The van der Waals surface area contributed by atoms with Crippen LogP contribution in [0, 0.1) is 0 Å². The number of fused-ring (bicyclic) bond motifs is 1. The van der Waals surface area contributed by atoms with Crippen molar-refractivity contribution < 1.29 is 23.1 Å². The molecule has 1 N–H and O–H groups in total. The molecule has 1 saturated heterocycles. The monoisotopic (exact) mass is 340 g/mol. The Hall–Kier alpha value is -1.48. The topological polar surface area (TPSA) is 87.2 Å². The van der Waals surface area contributed by atoms with Crippen molar-refractivity contribution in [3.8, 4) is 0 Å². The molecule has 3 rings (SSSR count). The summed E-state index contributed by atoms with van der Waals surface area (Å²) in [6.07, 6.45) is 0.645. The van der Waals surface area contributed by atoms with Crippen LogP contribution in [0.3, 0.4) is 0 Å². The predicted octanol–water partition coefficient (Wildman–Crippen LogP) is 0.638. The number of aliphatic carboxylic acids is 1. The van der Waals surface area contributed by atoms with Crippen molar-refractivity contribution >= 4 is 16.2 Å². The van der Waals surface area contributed by atoms with Crippen LogP contribution in [-0.2, 0) is 26.3 Å². The van der Waals surface area contributed by atoms with E-state index >= 15 is 0 Å². The van der Waals surface area contributed by atoms with Gasteiger partial charge in [0.2, 0.25) is 0 Å². The van der Waals surface area contributed by atoms with E-state index in [0.717, 1.165) is 5.56 Å². The highest BCUT2D eigenvalue weighted by Crippen LogP contribution is 2.31. The molecule has 0 radical (unpaired) electrons. The fraction of sp³-hybridized carbons (Fsp3) is 0.533. The predicted molar refractivity (Wildman–Crippen MR) is 83.2 cm³/mol. The number of carboxylic acid groups (broad SMARTS) is 1. The number of nitrogens with zero attached hydrogens (tertiary/aromatic N) is 2. The van der Waals surface area contributed by atoms with Crippen molar-refractivity contribution in [1.29, 1.82) is 0 Å². The second-order valence-electron chi connectivity index (χ2n) is 5.75. The third kappa shape index (κ3) is 3.25. The minimum absolute atomic E-state index is 0.0357. The maximum Gasteiger partial charge on any atom is 0.312 e. The Bertz CT molecular complexity index is 683. The molecule has 0 spiro atoms. The smallest absolute Gasteiger partial charge is 0.312 e. The Morgan fingerprint density at radius 2 is 1.96 bits per heavy atom. The van der Waals surface area contributed by atoms with Crippen LogP contribution in [0.4, 0.5) is 0 Å². The Morgan fingerprint density at radius 1 is 1.17 bits per heavy atom. The number of carboxylic acids is 1. The first kappa shape index (κ1) is 16.4. The van der Waals surface area contributed by atoms with E-state index in [0.29, 0.717) is 38.3 Å². The first-order valence-electron chi connectivity index (χ1n) is 7.63. The molecule has 7 nitrogen and oxygen atoms in total. The third-order valence-corrected chi connectivity index (χ3v) is 6.24. The third-order valence-electron chi connectivity index (χ3n) is 4.30. The molecule has 0 saturated carbocycles. The zero-order chi connectivity index (χ0) is 16.4. The van der Waals surface area contributed by atoms with Crippen molar-refractivity contribution in [2.24, 2.45) is 0 Å². The van der Waals surface area contributed by atoms with Gasteiger partial charge in [0.25, 0.3) is 10.2 Å². The molecule has 2 aliphatic heterocycles. The standard InChI is InChI=1S/C15H20N2O5S/c18-15(19)14-11-17(10-12-4-1-2-5-13(12)14)23(20,21)16-6-3-8-22-9-7-16/h1-2,4-5,14H,3,6-11H2,(H,18,19). The molecule has 126 valence electrons. The van der Waals surface area contributed by atoms with Gasteiger partial charge in [-0.3, -0.25) is 4.79 Å². The summed E-state index contributed by atoms with van der Waals surface area (Å²) in [5.74, 6) is -1.84. The van der Waals surface area contributed by atoms with E-state index < -0.39 is 22.1 Å². The van der Waals surface area contributed by atoms with Crippen LogP contribution in [0.2, 0.25) is 0 Å². The van der Waals surface area contributed by atoms with Gasteiger partial charge >= 0.3 is 5.97 Å². The van der Waals surface area contributed by atoms with Crippen molar-refractivity contribution in [3.63, 3.8) is 0 Å². The van der Waals surface area contributed by atoms with Crippen molar-refractivity contribution in [3.05, 3.63) is 35.4 Å². The first-order valence-corrected chi connectivity index (χ1v) is 9.03. The van der Waals surface area contributed by atoms with Gasteiger partial charge in [-0.05, 0) is 17.5 Å². The summed E-state index contributed by atoms with van der Waals surface area (Å²) in [5.41, 5.74) is 1.45. The second kappa shape index (κ2) is 6.56. The molecule has 1 fully saturated rings. The molecule has 0 aliphatic carbocycles. The first-order chi connectivity index (χ1) is 11.0. The minimum atomic E-state index is -3.69. The van der Waals surface area contributed by atoms with Gasteiger partial charge in [0.1, 0.15) is 0 Å². The van der Waals surface area contributed by atoms with Gasteiger partial charge in [0, 0.05) is 32.8 Å². The number of hydrogen-bond acceptors (Lipinski definition) is 4. The van der Waals surface area contributed by atoms with Gasteiger partial charge in [-0.1, -0.05) is 24.3 Å². The summed E-state index contributed by atoms with van der Waals surface area (Å²) in [5, 5.41) is 9.47. The zero-order valence-corrected chi connectivity index (χ0v) is 13.5. The lowest BCUT2D eigenvalue weighted by atomic mass is 9.91. The van der Waals surface area contributed by atoms with Gasteiger partial charge in [-0.2, -0.15) is 17.0 Å². The van der Waals surface area contributed by atoms with E-state index in [2.05, 4.69) is 0 Å². The van der Waals surface area contributed by atoms with Gasteiger partial charge < -0.3 is 9.84 Å². The van der Waals surface area contributed by atoms with E-state index in [1.807, 2.05) is 0 Å². The fourth-order valence-electron chi connectivity index (χ4n) is 3.08. The highest BCUT2D eigenvalue weighted by Gasteiger charge is 2.38. The summed E-state index contributed by atoms with van der Waals surface area (Å²) in [4.78, 5) is 11.6. The molecule has 23 heavy (non-hydrogen) atoms. The highest BCUT2D eigenvalue weighted by atomic mass is 32.2. The molecule has 0 aromatic heterocycles. The average Bonchev–Trinajstić information content (AvgIpc) is 2.83. The molecule has 1 unspecified atom stereocenters. The SMILES string of the molecule is O=C(O)C1CN(S(=O)(=O)N2CCCOCC2)Cc2ccccc21. The molecule has 1 aromatic carbocycles. The van der Waals surface area contributed by atoms with Crippen molar-refractivity contribution in [2.75, 3.05) is 32.8 Å². The molecule has 2 heterocycles. The van der Waals surface area contributed by atoms with E-state index in [9.17, 15) is 18.3 Å². The van der Waals surface area contributed by atoms with Crippen LogP contribution in [0.25, 0.3) is 0 Å². The number of hydrogen-bond donors (Lipinski definition) is 1. The summed E-state index contributed by atoms with van der Waals surface area (Å²) < 4.78 is 33.7. The number of ether oxygens (including phenoxy) is 1. The van der Waals surface area contributed by atoms with Gasteiger partial charge in [-0.15, -0.1) is 0 Å². The van der Waals surface area contributed by atoms with E-state index in [-0.39, 0.29) is 13.1 Å². The Morgan fingerprint density at radius 3 is 2.74 bits per heavy atom. The van der Waals surface area contributed by atoms with E-state index in [1.165, 1.54) is 8.61 Å². The number of carbonyl (C=O) groups is 1. The average molecular weight is 340 g/mol. The van der Waals surface area contributed by atoms with Crippen LogP contribution < -0.4 is 0 Å².